The Hall–Kier alpha value is -1.48. The van der Waals surface area contributed by atoms with Gasteiger partial charge in [0.2, 0.25) is 0 Å². The Bertz CT molecular complexity index is 551. The third kappa shape index (κ3) is 5.72. The van der Waals surface area contributed by atoms with Crippen molar-refractivity contribution in [3.8, 4) is 0 Å². The van der Waals surface area contributed by atoms with Crippen molar-refractivity contribution in [1.29, 1.82) is 0 Å². The molecular formula is C19H24BrNO. The van der Waals surface area contributed by atoms with Gasteiger partial charge in [-0.1, -0.05) is 56.5 Å². The molecule has 0 N–H and O–H groups in total. The van der Waals surface area contributed by atoms with E-state index in [4.69, 9.17) is 0 Å². The van der Waals surface area contributed by atoms with Crippen LogP contribution in [0.25, 0.3) is 0 Å². The highest BCUT2D eigenvalue weighted by atomic mass is 79.9. The molecule has 0 aliphatic rings. The van der Waals surface area contributed by atoms with Crippen LogP contribution < -0.4 is 21.5 Å². The number of hydrogen-bond donors (Lipinski definition) is 0. The van der Waals surface area contributed by atoms with E-state index in [1.165, 1.54) is 32.1 Å². The van der Waals surface area contributed by atoms with E-state index in [2.05, 4.69) is 11.5 Å². The Labute approximate surface area is 144 Å². The van der Waals surface area contributed by atoms with Crippen molar-refractivity contribution in [1.82, 2.24) is 0 Å². The summed E-state index contributed by atoms with van der Waals surface area (Å²) in [5.74, 6) is 0.0886. The summed E-state index contributed by atoms with van der Waals surface area (Å²) in [4.78, 5) is 12.3. The van der Waals surface area contributed by atoms with E-state index in [9.17, 15) is 4.79 Å². The normalized spacial score (nSPS) is 10.0. The summed E-state index contributed by atoms with van der Waals surface area (Å²) in [5, 5.41) is 0. The molecule has 22 heavy (non-hydrogen) atoms. The van der Waals surface area contributed by atoms with Crippen molar-refractivity contribution < 1.29 is 26.3 Å². The van der Waals surface area contributed by atoms with Gasteiger partial charge in [0.25, 0.3) is 0 Å². The number of pyridine rings is 1. The van der Waals surface area contributed by atoms with Gasteiger partial charge in [-0.25, -0.2) is 4.57 Å². The second-order valence-electron chi connectivity index (χ2n) is 5.43. The smallest absolute Gasteiger partial charge is 0.193 e. The fourth-order valence-corrected chi connectivity index (χ4v) is 2.41. The van der Waals surface area contributed by atoms with E-state index in [0.717, 1.165) is 17.7 Å². The molecule has 0 aliphatic heterocycles. The van der Waals surface area contributed by atoms with Crippen LogP contribution in [-0.4, -0.2) is 5.78 Å². The van der Waals surface area contributed by atoms with Crippen LogP contribution in [0.3, 0.4) is 0 Å². The highest BCUT2D eigenvalue weighted by molar-refractivity contribution is 6.08. The quantitative estimate of drug-likeness (QED) is 0.393. The first-order valence-electron chi connectivity index (χ1n) is 7.90. The number of hydrogen-bond acceptors (Lipinski definition) is 1. The van der Waals surface area contributed by atoms with Crippen molar-refractivity contribution in [2.75, 3.05) is 0 Å². The second kappa shape index (κ2) is 10.3. The van der Waals surface area contributed by atoms with Crippen LogP contribution in [0.15, 0.2) is 54.9 Å². The number of ketones is 1. The van der Waals surface area contributed by atoms with Crippen LogP contribution in [0, 0.1) is 0 Å². The van der Waals surface area contributed by atoms with Crippen molar-refractivity contribution in [2.45, 2.75) is 45.6 Å². The molecule has 0 atom stereocenters. The Morgan fingerprint density at radius 1 is 0.864 bits per heavy atom. The van der Waals surface area contributed by atoms with Crippen molar-refractivity contribution in [3.05, 3.63) is 66.0 Å². The highest BCUT2D eigenvalue weighted by Gasteiger charge is 2.10. The van der Waals surface area contributed by atoms with Crippen LogP contribution in [0.5, 0.6) is 0 Å². The molecule has 2 aromatic rings. The Morgan fingerprint density at radius 3 is 2.09 bits per heavy atom. The number of rotatable bonds is 8. The Balaban J connectivity index is 0.00000242. The minimum Gasteiger partial charge on any atom is -1.00 e. The molecule has 2 nitrogen and oxygen atoms in total. The summed E-state index contributed by atoms with van der Waals surface area (Å²) in [5.41, 5.74) is 1.50. The highest BCUT2D eigenvalue weighted by Crippen LogP contribution is 2.08. The zero-order valence-electron chi connectivity index (χ0n) is 13.2. The van der Waals surface area contributed by atoms with E-state index >= 15 is 0 Å². The lowest BCUT2D eigenvalue weighted by atomic mass is 10.0. The van der Waals surface area contributed by atoms with Crippen molar-refractivity contribution >= 4 is 5.78 Å². The van der Waals surface area contributed by atoms with Crippen molar-refractivity contribution in [3.63, 3.8) is 0 Å². The molecule has 0 amide bonds. The number of nitrogens with zero attached hydrogens (tertiary/aromatic N) is 1. The number of halogens is 1. The topological polar surface area (TPSA) is 20.9 Å². The zero-order valence-corrected chi connectivity index (χ0v) is 14.8. The maximum absolute atomic E-state index is 12.3. The van der Waals surface area contributed by atoms with Crippen LogP contribution >= 0.6 is 0 Å². The molecule has 1 aromatic heterocycles. The number of carbonyl (C=O) groups is 1. The fourth-order valence-electron chi connectivity index (χ4n) is 2.41. The van der Waals surface area contributed by atoms with Crippen LogP contribution in [0.2, 0.25) is 0 Å². The third-order valence-corrected chi connectivity index (χ3v) is 3.71. The number of benzene rings is 1. The first-order valence-corrected chi connectivity index (χ1v) is 7.90. The van der Waals surface area contributed by atoms with Gasteiger partial charge in [-0.15, -0.1) is 0 Å². The van der Waals surface area contributed by atoms with Gasteiger partial charge in [0.15, 0.2) is 18.2 Å². The zero-order chi connectivity index (χ0) is 14.9. The first-order chi connectivity index (χ1) is 10.3. The second-order valence-corrected chi connectivity index (χ2v) is 5.43. The van der Waals surface area contributed by atoms with Gasteiger partial charge in [0.1, 0.15) is 6.54 Å². The first kappa shape index (κ1) is 18.6. The molecular weight excluding hydrogens is 338 g/mol. The van der Waals surface area contributed by atoms with Gasteiger partial charge in [-0.3, -0.25) is 4.79 Å². The number of carbonyl (C=O) groups excluding carboxylic acids is 1. The molecule has 1 aromatic carbocycles. The summed E-state index contributed by atoms with van der Waals surface area (Å²) in [6.45, 7) is 3.26. The van der Waals surface area contributed by atoms with E-state index < -0.39 is 0 Å². The largest absolute Gasteiger partial charge is 1.00 e. The monoisotopic (exact) mass is 361 g/mol. The number of unbranched alkanes of at least 4 members (excludes halogenated alkanes) is 4. The Kier molecular flexibility index (Phi) is 8.68. The molecule has 0 spiro atoms. The minimum atomic E-state index is 0. The number of aryl methyl sites for hydroxylation is 1. The lowest BCUT2D eigenvalue weighted by Gasteiger charge is -2.01. The third-order valence-electron chi connectivity index (χ3n) is 3.71. The minimum absolute atomic E-state index is 0. The Morgan fingerprint density at radius 2 is 1.45 bits per heavy atom. The van der Waals surface area contributed by atoms with Crippen LogP contribution in [0.1, 0.15) is 54.9 Å². The molecule has 0 saturated carbocycles. The molecule has 1 heterocycles. The maximum Gasteiger partial charge on any atom is 0.193 e. The summed E-state index contributed by atoms with van der Waals surface area (Å²) < 4.78 is 2.16. The predicted molar refractivity (Wildman–Crippen MR) is 85.3 cm³/mol. The summed E-state index contributed by atoms with van der Waals surface area (Å²) in [6.07, 6.45) is 10.4. The predicted octanol–water partition coefficient (Wildman–Crippen LogP) is 1.18. The molecule has 0 unspecified atom stereocenters. The average molecular weight is 362 g/mol. The lowest BCUT2D eigenvalue weighted by molar-refractivity contribution is -0.697. The summed E-state index contributed by atoms with van der Waals surface area (Å²) in [7, 11) is 0. The molecule has 0 fully saturated rings. The molecule has 2 rings (SSSR count). The van der Waals surface area contributed by atoms with Gasteiger partial charge >= 0.3 is 0 Å². The molecule has 0 aliphatic carbocycles. The van der Waals surface area contributed by atoms with Crippen LogP contribution in [-0.2, 0) is 6.54 Å². The van der Waals surface area contributed by atoms with Gasteiger partial charge in [-0.2, -0.15) is 0 Å². The molecule has 0 bridgehead atoms. The molecule has 118 valence electrons. The van der Waals surface area contributed by atoms with Gasteiger partial charge < -0.3 is 17.0 Å². The van der Waals surface area contributed by atoms with E-state index in [1.54, 1.807) is 0 Å². The number of aromatic nitrogens is 1. The summed E-state index contributed by atoms with van der Waals surface area (Å²) >= 11 is 0. The fraction of sp³-hybridized carbons (Fsp3) is 0.368. The van der Waals surface area contributed by atoms with Gasteiger partial charge in [0, 0.05) is 29.7 Å². The standard InChI is InChI=1S/C19H24NO.BrH/c1-2-3-4-5-9-14-20-15-12-18(13-16-20)19(21)17-10-7-6-8-11-17;/h6-8,10-13,15-16H,2-5,9,14H2,1H3;1H/q+1;/p-1. The van der Waals surface area contributed by atoms with E-state index in [0.29, 0.717) is 0 Å². The molecule has 0 saturated heterocycles. The summed E-state index contributed by atoms with van der Waals surface area (Å²) in [6, 6.07) is 13.3. The van der Waals surface area contributed by atoms with E-state index in [-0.39, 0.29) is 22.8 Å². The van der Waals surface area contributed by atoms with E-state index in [1.807, 2.05) is 54.9 Å². The van der Waals surface area contributed by atoms with Crippen LogP contribution in [0.4, 0.5) is 0 Å². The van der Waals surface area contributed by atoms with Gasteiger partial charge in [0.05, 0.1) is 0 Å². The lowest BCUT2D eigenvalue weighted by Crippen LogP contribution is -3.00. The van der Waals surface area contributed by atoms with Gasteiger partial charge in [-0.05, 0) is 6.42 Å². The average Bonchev–Trinajstić information content (AvgIpc) is 2.55. The maximum atomic E-state index is 12.3. The SMILES string of the molecule is CCCCCCC[n+]1ccc(C(=O)c2ccccc2)cc1.[Br-]. The molecule has 3 heteroatoms. The van der Waals surface area contributed by atoms with Crippen molar-refractivity contribution in [2.24, 2.45) is 0 Å². The molecule has 0 radical (unpaired) electrons.